The van der Waals surface area contributed by atoms with Crippen molar-refractivity contribution in [3.8, 4) is 11.3 Å². The summed E-state index contributed by atoms with van der Waals surface area (Å²) in [5, 5.41) is 10.4. The summed E-state index contributed by atoms with van der Waals surface area (Å²) in [5.41, 5.74) is 14.9. The van der Waals surface area contributed by atoms with Gasteiger partial charge in [-0.2, -0.15) is 0 Å². The van der Waals surface area contributed by atoms with Crippen molar-refractivity contribution in [3.05, 3.63) is 71.4 Å². The molecule has 2 aromatic heterocycles. The van der Waals surface area contributed by atoms with E-state index < -0.39 is 0 Å². The summed E-state index contributed by atoms with van der Waals surface area (Å²) in [4.78, 5) is 8.70. The lowest BCUT2D eigenvalue weighted by atomic mass is 10.0. The Hall–Kier alpha value is -3.25. The third-order valence-corrected chi connectivity index (χ3v) is 4.00. The molecule has 0 saturated heterocycles. The number of anilines is 3. The van der Waals surface area contributed by atoms with Gasteiger partial charge in [0, 0.05) is 11.1 Å². The van der Waals surface area contributed by atoms with Gasteiger partial charge in [-0.25, -0.2) is 9.97 Å². The minimum atomic E-state index is -0.0798. The fourth-order valence-corrected chi connectivity index (χ4v) is 2.71. The van der Waals surface area contributed by atoms with E-state index in [1.807, 2.05) is 25.1 Å². The molecule has 0 amide bonds. The topological polar surface area (TPSA) is 96.1 Å². The summed E-state index contributed by atoms with van der Waals surface area (Å²) in [6.07, 6.45) is 1.55. The molecule has 0 fully saturated rings. The third kappa shape index (κ3) is 3.87. The molecule has 5 N–H and O–H groups in total. The van der Waals surface area contributed by atoms with Crippen molar-refractivity contribution in [2.24, 2.45) is 0 Å². The molecule has 0 saturated carbocycles. The smallest absolute Gasteiger partial charge is 0.145 e. The van der Waals surface area contributed by atoms with Crippen LogP contribution in [0.2, 0.25) is 5.02 Å². The van der Waals surface area contributed by atoms with E-state index >= 15 is 0 Å². The van der Waals surface area contributed by atoms with Gasteiger partial charge in [-0.3, -0.25) is 10.9 Å². The van der Waals surface area contributed by atoms with Crippen molar-refractivity contribution in [1.82, 2.24) is 9.97 Å². The number of hydrogen-bond acceptors (Lipinski definition) is 6. The zero-order valence-corrected chi connectivity index (χ0v) is 14.9. The fraction of sp³-hybridized carbons (Fsp3) is 0.0526. The number of hydrogen-bond donors (Lipinski definition) is 4. The molecular weight excluding hydrogens is 350 g/mol. The van der Waals surface area contributed by atoms with Gasteiger partial charge in [0.25, 0.3) is 0 Å². The van der Waals surface area contributed by atoms with Gasteiger partial charge in [0.2, 0.25) is 0 Å². The third-order valence-electron chi connectivity index (χ3n) is 3.69. The zero-order valence-electron chi connectivity index (χ0n) is 14.1. The van der Waals surface area contributed by atoms with E-state index in [-0.39, 0.29) is 5.76 Å². The van der Waals surface area contributed by atoms with Crippen LogP contribution >= 0.6 is 11.6 Å². The van der Waals surface area contributed by atoms with E-state index in [0.29, 0.717) is 39.2 Å². The maximum Gasteiger partial charge on any atom is 0.145 e. The summed E-state index contributed by atoms with van der Waals surface area (Å²) in [5.74, 6) is 1.04. The highest BCUT2D eigenvalue weighted by molar-refractivity contribution is 6.33. The van der Waals surface area contributed by atoms with E-state index in [4.69, 9.17) is 17.3 Å². The Morgan fingerprint density at radius 3 is 2.50 bits per heavy atom. The maximum atomic E-state index is 9.90. The molecule has 26 heavy (non-hydrogen) atoms. The second-order valence-electron chi connectivity index (χ2n) is 5.75. The van der Waals surface area contributed by atoms with Gasteiger partial charge < -0.3 is 10.8 Å². The Labute approximate surface area is 156 Å². The summed E-state index contributed by atoms with van der Waals surface area (Å²) in [6, 6.07) is 12.6. The normalized spacial score (nSPS) is 10.4. The number of nitrogens with two attached hydrogens (primary N) is 1. The van der Waals surface area contributed by atoms with Crippen LogP contribution in [-0.2, 0) is 0 Å². The first kappa shape index (κ1) is 17.6. The van der Waals surface area contributed by atoms with Crippen LogP contribution in [0.5, 0.6) is 0 Å². The molecule has 0 atom stereocenters. The first-order valence-electron chi connectivity index (χ1n) is 7.83. The van der Waals surface area contributed by atoms with Gasteiger partial charge in [-0.15, -0.1) is 0 Å². The first-order valence-corrected chi connectivity index (χ1v) is 8.21. The number of nitrogens with one attached hydrogen (secondary N) is 2. The van der Waals surface area contributed by atoms with Gasteiger partial charge in [0.05, 0.1) is 22.6 Å². The number of hydrazine groups is 1. The van der Waals surface area contributed by atoms with Crippen LogP contribution in [0.4, 0.5) is 17.3 Å². The van der Waals surface area contributed by atoms with Crippen LogP contribution in [0.3, 0.4) is 0 Å². The molecule has 0 unspecified atom stereocenters. The van der Waals surface area contributed by atoms with Crippen LogP contribution < -0.4 is 16.6 Å². The standard InChI is InChI=1S/C19H18ClN5O/c1-11-3-5-15(16(20)9-11)19-14(12(2)26)6-8-18(23-19)25-24-17-7-4-13(21)10-22-17/h3-10,26H,2,21H2,1H3,(H,22,24)(H,23,25). The number of benzene rings is 1. The van der Waals surface area contributed by atoms with E-state index in [1.165, 1.54) is 0 Å². The molecule has 0 aliphatic heterocycles. The van der Waals surface area contributed by atoms with Gasteiger partial charge in [-0.05, 0) is 42.8 Å². The lowest BCUT2D eigenvalue weighted by Crippen LogP contribution is -2.12. The Bertz CT molecular complexity index is 957. The van der Waals surface area contributed by atoms with Crippen molar-refractivity contribution in [3.63, 3.8) is 0 Å². The minimum Gasteiger partial charge on any atom is -0.508 e. The van der Waals surface area contributed by atoms with Crippen molar-refractivity contribution >= 4 is 34.7 Å². The Kier molecular flexibility index (Phi) is 4.95. The highest BCUT2D eigenvalue weighted by Crippen LogP contribution is 2.33. The van der Waals surface area contributed by atoms with Gasteiger partial charge in [-0.1, -0.05) is 30.3 Å². The number of nitrogens with zero attached hydrogens (tertiary/aromatic N) is 2. The lowest BCUT2D eigenvalue weighted by molar-refractivity contribution is 0.514. The summed E-state index contributed by atoms with van der Waals surface area (Å²) >= 11 is 6.37. The highest BCUT2D eigenvalue weighted by Gasteiger charge is 2.14. The lowest BCUT2D eigenvalue weighted by Gasteiger charge is -2.14. The second-order valence-corrected chi connectivity index (χ2v) is 6.16. The number of aryl methyl sites for hydroxylation is 1. The average molecular weight is 368 g/mol. The van der Waals surface area contributed by atoms with Gasteiger partial charge in [0.15, 0.2) is 0 Å². The largest absolute Gasteiger partial charge is 0.508 e. The van der Waals surface area contributed by atoms with E-state index in [9.17, 15) is 5.11 Å². The molecule has 2 heterocycles. The number of aliphatic hydroxyl groups excluding tert-OH is 1. The predicted molar refractivity (Wildman–Crippen MR) is 107 cm³/mol. The molecule has 7 heteroatoms. The number of nitrogen functional groups attached to an aromatic ring is 1. The van der Waals surface area contributed by atoms with Crippen molar-refractivity contribution in [2.75, 3.05) is 16.6 Å². The van der Waals surface area contributed by atoms with Crippen LogP contribution in [0.25, 0.3) is 17.0 Å². The molecule has 0 aliphatic carbocycles. The molecule has 132 valence electrons. The highest BCUT2D eigenvalue weighted by atomic mass is 35.5. The van der Waals surface area contributed by atoms with E-state index in [2.05, 4.69) is 27.4 Å². The van der Waals surface area contributed by atoms with Crippen molar-refractivity contribution < 1.29 is 5.11 Å². The molecule has 0 spiro atoms. The van der Waals surface area contributed by atoms with Crippen molar-refractivity contribution in [2.45, 2.75) is 6.92 Å². The Balaban J connectivity index is 1.93. The molecule has 0 radical (unpaired) electrons. The van der Waals surface area contributed by atoms with Crippen LogP contribution in [0, 0.1) is 6.92 Å². The average Bonchev–Trinajstić information content (AvgIpc) is 2.61. The monoisotopic (exact) mass is 367 g/mol. The number of halogens is 1. The molecule has 3 rings (SSSR count). The van der Waals surface area contributed by atoms with Gasteiger partial charge >= 0.3 is 0 Å². The second kappa shape index (κ2) is 7.33. The zero-order chi connectivity index (χ0) is 18.7. The SMILES string of the molecule is C=C(O)c1ccc(NNc2ccc(N)cn2)nc1-c1ccc(C)cc1Cl. The van der Waals surface area contributed by atoms with Crippen LogP contribution in [0.1, 0.15) is 11.1 Å². The Morgan fingerprint density at radius 1 is 1.12 bits per heavy atom. The number of rotatable bonds is 5. The van der Waals surface area contributed by atoms with E-state index in [1.54, 1.807) is 30.5 Å². The molecule has 0 bridgehead atoms. The first-order chi connectivity index (χ1) is 12.4. The van der Waals surface area contributed by atoms with Crippen LogP contribution in [-0.4, -0.2) is 15.1 Å². The Morgan fingerprint density at radius 2 is 1.85 bits per heavy atom. The minimum absolute atomic E-state index is 0.0798. The van der Waals surface area contributed by atoms with Crippen molar-refractivity contribution in [1.29, 1.82) is 0 Å². The number of pyridine rings is 2. The molecule has 6 nitrogen and oxygen atoms in total. The van der Waals surface area contributed by atoms with Gasteiger partial charge in [0.1, 0.15) is 17.4 Å². The number of aromatic nitrogens is 2. The predicted octanol–water partition coefficient (Wildman–Crippen LogP) is 4.66. The molecule has 0 aliphatic rings. The summed E-state index contributed by atoms with van der Waals surface area (Å²) < 4.78 is 0. The quantitative estimate of drug-likeness (QED) is 0.387. The summed E-state index contributed by atoms with van der Waals surface area (Å²) in [7, 11) is 0. The fourth-order valence-electron chi connectivity index (χ4n) is 2.39. The maximum absolute atomic E-state index is 9.90. The molecule has 3 aromatic rings. The van der Waals surface area contributed by atoms with E-state index in [0.717, 1.165) is 5.56 Å². The molecular formula is C19H18ClN5O. The van der Waals surface area contributed by atoms with Crippen LogP contribution in [0.15, 0.2) is 55.2 Å². The molecule has 1 aromatic carbocycles. The summed E-state index contributed by atoms with van der Waals surface area (Å²) in [6.45, 7) is 5.56. The number of aliphatic hydroxyl groups is 1.